The number of rotatable bonds is 9. The molecule has 0 fully saturated rings. The van der Waals surface area contributed by atoms with Crippen molar-refractivity contribution < 1.29 is 22.7 Å². The largest absolute Gasteiger partial charge is 0.493 e. The third-order valence-corrected chi connectivity index (χ3v) is 7.53. The van der Waals surface area contributed by atoms with Gasteiger partial charge in [-0.3, -0.25) is 9.10 Å². The standard InChI is InChI=1S/C23H25N3O5S2/c1-16-7-9-18(10-8-16)26(15-23(27)25-24-17(2)22-6-5-13-32-22)33(28,29)19-11-12-20(30-3)21(14-19)31-4/h5-14H,15H2,1-4H3,(H,25,27)/b24-17-. The van der Waals surface area contributed by atoms with Crippen molar-refractivity contribution in [3.8, 4) is 11.5 Å². The second-order valence-corrected chi connectivity index (χ2v) is 9.88. The Morgan fingerprint density at radius 1 is 1.06 bits per heavy atom. The van der Waals surface area contributed by atoms with Gasteiger partial charge in [-0.15, -0.1) is 11.3 Å². The molecule has 0 spiro atoms. The second-order valence-electron chi connectivity index (χ2n) is 7.07. The summed E-state index contributed by atoms with van der Waals surface area (Å²) in [7, 11) is -1.22. The van der Waals surface area contributed by atoms with Gasteiger partial charge in [-0.2, -0.15) is 5.10 Å². The van der Waals surface area contributed by atoms with Crippen LogP contribution in [0.3, 0.4) is 0 Å². The maximum atomic E-state index is 13.6. The number of nitrogens with zero attached hydrogens (tertiary/aromatic N) is 2. The molecule has 1 amide bonds. The number of sulfonamides is 1. The molecule has 174 valence electrons. The number of benzene rings is 2. The molecule has 1 N–H and O–H groups in total. The number of carbonyl (C=O) groups is 1. The Morgan fingerprint density at radius 2 is 1.76 bits per heavy atom. The average Bonchev–Trinajstić information content (AvgIpc) is 3.36. The van der Waals surface area contributed by atoms with E-state index in [2.05, 4.69) is 10.5 Å². The molecule has 0 atom stereocenters. The van der Waals surface area contributed by atoms with Gasteiger partial charge < -0.3 is 9.47 Å². The molecule has 2 aromatic carbocycles. The normalized spacial score (nSPS) is 11.7. The van der Waals surface area contributed by atoms with Crippen LogP contribution in [0.1, 0.15) is 17.4 Å². The molecule has 8 nitrogen and oxygen atoms in total. The number of anilines is 1. The summed E-state index contributed by atoms with van der Waals surface area (Å²) in [5.41, 5.74) is 4.39. The Hall–Kier alpha value is -3.37. The van der Waals surface area contributed by atoms with E-state index in [0.29, 0.717) is 17.1 Å². The monoisotopic (exact) mass is 487 g/mol. The highest BCUT2D eigenvalue weighted by Gasteiger charge is 2.28. The van der Waals surface area contributed by atoms with Gasteiger partial charge >= 0.3 is 0 Å². The molecule has 0 radical (unpaired) electrons. The highest BCUT2D eigenvalue weighted by atomic mass is 32.2. The summed E-state index contributed by atoms with van der Waals surface area (Å²) >= 11 is 1.49. The number of amides is 1. The lowest BCUT2D eigenvalue weighted by atomic mass is 10.2. The zero-order valence-electron chi connectivity index (χ0n) is 18.7. The first-order valence-corrected chi connectivity index (χ1v) is 12.3. The van der Waals surface area contributed by atoms with Crippen molar-refractivity contribution in [1.82, 2.24) is 5.43 Å². The van der Waals surface area contributed by atoms with Crippen molar-refractivity contribution in [3.63, 3.8) is 0 Å². The lowest BCUT2D eigenvalue weighted by molar-refractivity contribution is -0.119. The molecule has 3 rings (SSSR count). The average molecular weight is 488 g/mol. The van der Waals surface area contributed by atoms with Crippen LogP contribution in [0.2, 0.25) is 0 Å². The summed E-state index contributed by atoms with van der Waals surface area (Å²) in [6.07, 6.45) is 0. The highest BCUT2D eigenvalue weighted by Crippen LogP contribution is 2.32. The lowest BCUT2D eigenvalue weighted by Crippen LogP contribution is -2.39. The van der Waals surface area contributed by atoms with Gasteiger partial charge in [0.1, 0.15) is 6.54 Å². The lowest BCUT2D eigenvalue weighted by Gasteiger charge is -2.24. The van der Waals surface area contributed by atoms with E-state index >= 15 is 0 Å². The van der Waals surface area contributed by atoms with Crippen LogP contribution in [0, 0.1) is 6.92 Å². The summed E-state index contributed by atoms with van der Waals surface area (Å²) in [5.74, 6) is 0.0908. The topological polar surface area (TPSA) is 97.3 Å². The minimum absolute atomic E-state index is 0.0354. The van der Waals surface area contributed by atoms with Gasteiger partial charge in [-0.1, -0.05) is 23.8 Å². The number of thiophene rings is 1. The van der Waals surface area contributed by atoms with Crippen LogP contribution in [0.25, 0.3) is 0 Å². The fourth-order valence-corrected chi connectivity index (χ4v) is 5.10. The van der Waals surface area contributed by atoms with Crippen molar-refractivity contribution in [2.75, 3.05) is 25.1 Å². The van der Waals surface area contributed by atoms with E-state index < -0.39 is 22.5 Å². The molecule has 0 aliphatic rings. The summed E-state index contributed by atoms with van der Waals surface area (Å²) in [6.45, 7) is 3.21. The van der Waals surface area contributed by atoms with Crippen molar-refractivity contribution in [2.45, 2.75) is 18.7 Å². The van der Waals surface area contributed by atoms with E-state index in [9.17, 15) is 13.2 Å². The molecule has 0 bridgehead atoms. The first-order valence-electron chi connectivity index (χ1n) is 9.94. The van der Waals surface area contributed by atoms with Gasteiger partial charge in [0.05, 0.1) is 30.5 Å². The molecule has 10 heteroatoms. The summed E-state index contributed by atoms with van der Waals surface area (Å²) in [4.78, 5) is 13.6. The van der Waals surface area contributed by atoms with Crippen LogP contribution >= 0.6 is 11.3 Å². The molecular formula is C23H25N3O5S2. The Kier molecular flexibility index (Phi) is 7.72. The minimum atomic E-state index is -4.11. The molecule has 0 aliphatic carbocycles. The molecule has 0 aliphatic heterocycles. The van der Waals surface area contributed by atoms with Gasteiger partial charge in [-0.25, -0.2) is 13.8 Å². The number of methoxy groups -OCH3 is 2. The van der Waals surface area contributed by atoms with E-state index in [1.54, 1.807) is 31.2 Å². The van der Waals surface area contributed by atoms with Crippen LogP contribution < -0.4 is 19.2 Å². The summed E-state index contributed by atoms with van der Waals surface area (Å²) in [6, 6.07) is 14.9. The second kappa shape index (κ2) is 10.5. The fourth-order valence-electron chi connectivity index (χ4n) is 2.98. The first kappa shape index (κ1) is 24.3. The quantitative estimate of drug-likeness (QED) is 0.366. The van der Waals surface area contributed by atoms with Crippen LogP contribution in [-0.2, 0) is 14.8 Å². The molecule has 3 aromatic rings. The van der Waals surface area contributed by atoms with E-state index in [1.165, 1.54) is 43.8 Å². The number of hydrazone groups is 1. The minimum Gasteiger partial charge on any atom is -0.493 e. The van der Waals surface area contributed by atoms with E-state index in [-0.39, 0.29) is 10.6 Å². The van der Waals surface area contributed by atoms with Gasteiger partial charge in [0.2, 0.25) is 0 Å². The number of aryl methyl sites for hydroxylation is 1. The Balaban J connectivity index is 1.93. The maximum absolute atomic E-state index is 13.6. The number of hydrogen-bond acceptors (Lipinski definition) is 7. The highest BCUT2D eigenvalue weighted by molar-refractivity contribution is 7.92. The molecule has 0 unspecified atom stereocenters. The van der Waals surface area contributed by atoms with Crippen LogP contribution in [0.4, 0.5) is 5.69 Å². The van der Waals surface area contributed by atoms with Crippen LogP contribution in [-0.4, -0.2) is 40.8 Å². The fraction of sp³-hybridized carbons (Fsp3) is 0.217. The smallest absolute Gasteiger partial charge is 0.264 e. The van der Waals surface area contributed by atoms with Crippen LogP contribution in [0.15, 0.2) is 70.0 Å². The Morgan fingerprint density at radius 3 is 2.36 bits per heavy atom. The van der Waals surface area contributed by atoms with E-state index in [0.717, 1.165) is 14.7 Å². The molecular weight excluding hydrogens is 462 g/mol. The zero-order chi connectivity index (χ0) is 24.0. The zero-order valence-corrected chi connectivity index (χ0v) is 20.4. The molecule has 0 saturated heterocycles. The maximum Gasteiger partial charge on any atom is 0.264 e. The van der Waals surface area contributed by atoms with Crippen molar-refractivity contribution in [3.05, 3.63) is 70.4 Å². The van der Waals surface area contributed by atoms with Gasteiger partial charge in [0.15, 0.2) is 11.5 Å². The van der Waals surface area contributed by atoms with E-state index in [1.807, 2.05) is 24.4 Å². The third kappa shape index (κ3) is 5.71. The van der Waals surface area contributed by atoms with Gasteiger partial charge in [0.25, 0.3) is 15.9 Å². The van der Waals surface area contributed by atoms with Crippen molar-refractivity contribution in [1.29, 1.82) is 0 Å². The van der Waals surface area contributed by atoms with Crippen LogP contribution in [0.5, 0.6) is 11.5 Å². The third-order valence-electron chi connectivity index (χ3n) is 4.78. The first-order chi connectivity index (χ1) is 15.8. The summed E-state index contributed by atoms with van der Waals surface area (Å²) in [5, 5.41) is 6.01. The Bertz CT molecular complexity index is 1240. The van der Waals surface area contributed by atoms with Gasteiger partial charge in [-0.05, 0) is 49.6 Å². The number of nitrogens with one attached hydrogen (secondary N) is 1. The molecule has 1 heterocycles. The number of hydrogen-bond donors (Lipinski definition) is 1. The Labute approximate surface area is 197 Å². The number of ether oxygens (including phenoxy) is 2. The van der Waals surface area contributed by atoms with Crippen molar-refractivity contribution >= 4 is 38.7 Å². The molecule has 33 heavy (non-hydrogen) atoms. The van der Waals surface area contributed by atoms with E-state index in [4.69, 9.17) is 9.47 Å². The SMILES string of the molecule is COc1ccc(S(=O)(=O)N(CC(=O)N/N=C(/C)c2cccs2)c2ccc(C)cc2)cc1OC. The van der Waals surface area contributed by atoms with Crippen molar-refractivity contribution in [2.24, 2.45) is 5.10 Å². The number of carbonyl (C=O) groups excluding carboxylic acids is 1. The predicted octanol–water partition coefficient (Wildman–Crippen LogP) is 3.81. The summed E-state index contributed by atoms with van der Waals surface area (Å²) < 4.78 is 38.6. The molecule has 0 saturated carbocycles. The van der Waals surface area contributed by atoms with Gasteiger partial charge in [0, 0.05) is 10.9 Å². The molecule has 1 aromatic heterocycles. The predicted molar refractivity (Wildman–Crippen MR) is 130 cm³/mol.